The van der Waals surface area contributed by atoms with Gasteiger partial charge in [0.25, 0.3) is 0 Å². The van der Waals surface area contributed by atoms with E-state index in [2.05, 4.69) is 0 Å². The van der Waals surface area contributed by atoms with E-state index in [4.69, 9.17) is 0 Å². The summed E-state index contributed by atoms with van der Waals surface area (Å²) in [6.45, 7) is 6.21. The van der Waals surface area contributed by atoms with Crippen molar-refractivity contribution in [1.29, 1.82) is 0 Å². The lowest BCUT2D eigenvalue weighted by Gasteiger charge is -2.43. The highest BCUT2D eigenvalue weighted by Gasteiger charge is 2.66. The van der Waals surface area contributed by atoms with E-state index in [9.17, 15) is 30.0 Å². The zero-order chi connectivity index (χ0) is 17.5. The first kappa shape index (κ1) is 15.6. The van der Waals surface area contributed by atoms with Gasteiger partial charge in [-0.25, -0.2) is 0 Å². The first-order chi connectivity index (χ1) is 10.5. The SMILES string of the molecule is CC1=C(C)C2(C)Cc3c(O)c(O)c(O)c(C)c3C(=O)C2(O)C1=O. The molecule has 0 aliphatic heterocycles. The molecule has 4 N–H and O–H groups in total. The minimum Gasteiger partial charge on any atom is -0.504 e. The van der Waals surface area contributed by atoms with Crippen molar-refractivity contribution in [2.45, 2.75) is 39.7 Å². The Morgan fingerprint density at radius 3 is 2.04 bits per heavy atom. The highest BCUT2D eigenvalue weighted by molar-refractivity contribution is 6.27. The van der Waals surface area contributed by atoms with E-state index in [0.29, 0.717) is 11.1 Å². The van der Waals surface area contributed by atoms with Gasteiger partial charge in [0.15, 0.2) is 22.9 Å². The Balaban J connectivity index is 2.42. The van der Waals surface area contributed by atoms with Crippen LogP contribution < -0.4 is 0 Å². The Morgan fingerprint density at radius 2 is 1.48 bits per heavy atom. The number of Topliss-reactive ketones (excluding diaryl/α,β-unsaturated/α-hetero) is 2. The molecule has 23 heavy (non-hydrogen) atoms. The molecule has 0 bridgehead atoms. The van der Waals surface area contributed by atoms with Crippen LogP contribution >= 0.6 is 0 Å². The zero-order valence-electron chi connectivity index (χ0n) is 13.3. The van der Waals surface area contributed by atoms with E-state index in [1.807, 2.05) is 0 Å². The van der Waals surface area contributed by atoms with Crippen LogP contribution in [-0.2, 0) is 11.2 Å². The fraction of sp³-hybridized carbons (Fsp3) is 0.412. The number of carbonyl (C=O) groups is 2. The van der Waals surface area contributed by atoms with Crippen LogP contribution in [0.3, 0.4) is 0 Å². The third-order valence-corrected chi connectivity index (χ3v) is 5.71. The molecule has 0 spiro atoms. The molecule has 122 valence electrons. The van der Waals surface area contributed by atoms with Gasteiger partial charge < -0.3 is 20.4 Å². The molecule has 1 aromatic carbocycles. The monoisotopic (exact) mass is 318 g/mol. The van der Waals surface area contributed by atoms with Gasteiger partial charge in [0.1, 0.15) is 0 Å². The summed E-state index contributed by atoms with van der Waals surface area (Å²) in [6, 6.07) is 0. The Hall–Kier alpha value is -2.34. The maximum atomic E-state index is 13.0. The highest BCUT2D eigenvalue weighted by Crippen LogP contribution is 2.58. The van der Waals surface area contributed by atoms with Crippen molar-refractivity contribution in [2.75, 3.05) is 0 Å². The summed E-state index contributed by atoms with van der Waals surface area (Å²) in [6.07, 6.45) is 0. The minimum atomic E-state index is -2.26. The molecule has 6 nitrogen and oxygen atoms in total. The van der Waals surface area contributed by atoms with Gasteiger partial charge in [-0.1, -0.05) is 12.5 Å². The summed E-state index contributed by atoms with van der Waals surface area (Å²) in [5.41, 5.74) is -2.49. The van der Waals surface area contributed by atoms with Crippen molar-refractivity contribution in [1.82, 2.24) is 0 Å². The van der Waals surface area contributed by atoms with Gasteiger partial charge >= 0.3 is 0 Å². The number of hydrogen-bond donors (Lipinski definition) is 4. The number of phenolic OH excluding ortho intramolecular Hbond substituents is 3. The number of rotatable bonds is 0. The lowest BCUT2D eigenvalue weighted by atomic mass is 9.60. The summed E-state index contributed by atoms with van der Waals surface area (Å²) in [5.74, 6) is -3.44. The third kappa shape index (κ3) is 1.42. The van der Waals surface area contributed by atoms with E-state index >= 15 is 0 Å². The molecule has 0 saturated carbocycles. The van der Waals surface area contributed by atoms with Crippen molar-refractivity contribution in [3.63, 3.8) is 0 Å². The molecule has 6 heteroatoms. The number of aromatic hydroxyl groups is 3. The molecule has 2 unspecified atom stereocenters. The Morgan fingerprint density at radius 1 is 0.913 bits per heavy atom. The summed E-state index contributed by atoms with van der Waals surface area (Å²) in [7, 11) is 0. The van der Waals surface area contributed by atoms with Crippen molar-refractivity contribution in [2.24, 2.45) is 5.41 Å². The first-order valence-corrected chi connectivity index (χ1v) is 7.26. The molecular formula is C17H18O6. The van der Waals surface area contributed by atoms with Gasteiger partial charge in [0.2, 0.25) is 11.5 Å². The van der Waals surface area contributed by atoms with Crippen molar-refractivity contribution >= 4 is 11.6 Å². The van der Waals surface area contributed by atoms with Gasteiger partial charge in [-0.05, 0) is 32.8 Å². The van der Waals surface area contributed by atoms with Crippen LogP contribution in [0.5, 0.6) is 17.2 Å². The van der Waals surface area contributed by atoms with Crippen LogP contribution in [0.4, 0.5) is 0 Å². The van der Waals surface area contributed by atoms with Crippen LogP contribution in [0.2, 0.25) is 0 Å². The average molecular weight is 318 g/mol. The second kappa shape index (κ2) is 4.14. The van der Waals surface area contributed by atoms with Crippen LogP contribution in [0, 0.1) is 12.3 Å². The molecule has 0 amide bonds. The van der Waals surface area contributed by atoms with E-state index in [1.165, 1.54) is 6.92 Å². The Bertz CT molecular complexity index is 834. The number of fused-ring (bicyclic) bond motifs is 2. The number of benzene rings is 1. The van der Waals surface area contributed by atoms with E-state index < -0.39 is 39.8 Å². The third-order valence-electron chi connectivity index (χ3n) is 5.71. The largest absolute Gasteiger partial charge is 0.504 e. The van der Waals surface area contributed by atoms with E-state index in [0.717, 1.165) is 0 Å². The lowest BCUT2D eigenvalue weighted by Crippen LogP contribution is -2.59. The average Bonchev–Trinajstić information content (AvgIpc) is 2.64. The molecule has 0 heterocycles. The molecule has 0 radical (unpaired) electrons. The molecule has 2 aliphatic rings. The molecule has 2 aliphatic carbocycles. The number of hydrogen-bond acceptors (Lipinski definition) is 6. The Labute approximate surface area is 132 Å². The normalized spacial score (nSPS) is 29.8. The second-order valence-corrected chi connectivity index (χ2v) is 6.65. The minimum absolute atomic E-state index is 0. The van der Waals surface area contributed by atoms with Crippen LogP contribution in [0.15, 0.2) is 11.1 Å². The van der Waals surface area contributed by atoms with Gasteiger partial charge in [-0.15, -0.1) is 0 Å². The molecule has 2 atom stereocenters. The standard InChI is InChI=1S/C17H18O6/c1-6-8(3)16(4)5-9-10(15(22)17(16,23)14(6)21)7(2)11(18)13(20)12(9)19/h18-20,23H,5H2,1-4H3. The molecule has 0 fully saturated rings. The summed E-state index contributed by atoms with van der Waals surface area (Å²) >= 11 is 0. The predicted molar refractivity (Wildman–Crippen MR) is 80.6 cm³/mol. The van der Waals surface area contributed by atoms with Crippen LogP contribution in [-0.4, -0.2) is 37.6 Å². The number of carbonyl (C=O) groups excluding carboxylic acids is 2. The maximum absolute atomic E-state index is 13.0. The second-order valence-electron chi connectivity index (χ2n) is 6.65. The van der Waals surface area contributed by atoms with Gasteiger partial charge in [-0.3, -0.25) is 9.59 Å². The van der Waals surface area contributed by atoms with Crippen LogP contribution in [0.1, 0.15) is 42.3 Å². The van der Waals surface area contributed by atoms with Crippen molar-refractivity contribution in [3.05, 3.63) is 27.8 Å². The van der Waals surface area contributed by atoms with Crippen molar-refractivity contribution < 1.29 is 30.0 Å². The van der Waals surface area contributed by atoms with E-state index in [-0.39, 0.29) is 23.1 Å². The number of ketones is 2. The van der Waals surface area contributed by atoms with E-state index in [1.54, 1.807) is 20.8 Å². The predicted octanol–water partition coefficient (Wildman–Crippen LogP) is 1.51. The fourth-order valence-electron chi connectivity index (χ4n) is 3.90. The first-order valence-electron chi connectivity index (χ1n) is 7.26. The summed E-state index contributed by atoms with van der Waals surface area (Å²) < 4.78 is 0. The van der Waals surface area contributed by atoms with Crippen LogP contribution in [0.25, 0.3) is 0 Å². The van der Waals surface area contributed by atoms with Gasteiger partial charge in [-0.2, -0.15) is 0 Å². The summed E-state index contributed by atoms with van der Waals surface area (Å²) in [5, 5.41) is 40.9. The number of phenols is 3. The topological polar surface area (TPSA) is 115 Å². The summed E-state index contributed by atoms with van der Waals surface area (Å²) in [4.78, 5) is 25.5. The smallest absolute Gasteiger partial charge is 0.204 e. The highest BCUT2D eigenvalue weighted by atomic mass is 16.3. The van der Waals surface area contributed by atoms with Gasteiger partial charge in [0.05, 0.1) is 0 Å². The molecule has 0 aromatic heterocycles. The molecule has 0 saturated heterocycles. The zero-order valence-corrected chi connectivity index (χ0v) is 13.3. The van der Waals surface area contributed by atoms with Gasteiger partial charge in [0, 0.05) is 22.1 Å². The lowest BCUT2D eigenvalue weighted by molar-refractivity contribution is -0.134. The Kier molecular flexibility index (Phi) is 2.80. The molecule has 1 aromatic rings. The molecular weight excluding hydrogens is 300 g/mol. The number of aliphatic hydroxyl groups is 1. The quantitative estimate of drug-likeness (QED) is 0.426. The molecule has 3 rings (SSSR count). The maximum Gasteiger partial charge on any atom is 0.204 e. The fourth-order valence-corrected chi connectivity index (χ4v) is 3.90. The van der Waals surface area contributed by atoms with Crippen molar-refractivity contribution in [3.8, 4) is 17.2 Å².